The van der Waals surface area contributed by atoms with Crippen LogP contribution in [0.1, 0.15) is 50.1 Å². The maximum Gasteiger partial charge on any atom is 0.104 e. The van der Waals surface area contributed by atoms with Crippen molar-refractivity contribution < 1.29 is 0 Å². The van der Waals surface area contributed by atoms with Crippen molar-refractivity contribution in [2.24, 2.45) is 0 Å². The minimum absolute atomic E-state index is 0.245. The van der Waals surface area contributed by atoms with Crippen LogP contribution in [0.3, 0.4) is 0 Å². The molecule has 12 heteroatoms. The molecule has 0 fully saturated rings. The molecule has 0 saturated carbocycles. The van der Waals surface area contributed by atoms with Gasteiger partial charge in [-0.2, -0.15) is 47.4 Å². The number of nitriles is 9. The summed E-state index contributed by atoms with van der Waals surface area (Å²) in [4.78, 5) is 4.52. The Kier molecular flexibility index (Phi) is 11.7. The predicted octanol–water partition coefficient (Wildman–Crippen LogP) is 14.5. The largest absolute Gasteiger partial charge is 0.308 e. The first-order valence-electron chi connectivity index (χ1n) is 24.6. The van der Waals surface area contributed by atoms with E-state index in [9.17, 15) is 47.4 Å². The monoisotopic (exact) mass is 1010 g/mol. The van der Waals surface area contributed by atoms with Gasteiger partial charge in [0.05, 0.1) is 127 Å². The van der Waals surface area contributed by atoms with Crippen molar-refractivity contribution in [3.8, 4) is 122 Å². The van der Waals surface area contributed by atoms with E-state index in [-0.39, 0.29) is 5.56 Å². The number of aromatic nitrogens is 3. The molecule has 9 aromatic carbocycles. The Hall–Kier alpha value is -12.9. The zero-order valence-electron chi connectivity index (χ0n) is 41.7. The second kappa shape index (κ2) is 19.4. The van der Waals surface area contributed by atoms with Crippen molar-refractivity contribution >= 4 is 43.6 Å². The Labute approximate surface area is 456 Å². The van der Waals surface area contributed by atoms with Crippen molar-refractivity contribution in [1.29, 1.82) is 47.4 Å². The van der Waals surface area contributed by atoms with Gasteiger partial charge in [0.25, 0.3) is 0 Å². The van der Waals surface area contributed by atoms with Crippen molar-refractivity contribution in [3.63, 3.8) is 0 Å². The molecule has 0 atom stereocenters. The standard InChI is InChI=1S/C68H30N12/c69-30-40-12-41(31-70)17-53(16-40)48-3-7-58-59-8-4-49(54-18-42(32-71)13-43(19-54)33-72)25-64(59)79(63(58)24-48)67-28-57(52-2-1-11-78-39-52)29-68(62(67)38-77)80-65-26-50(55-20-44(34-73)14-45(21-55)35-74)5-9-60(65)61-10-6-51(27-66(61)80)56-22-46(36-75)15-47(23-56)37-76/h1-29,39H. The first-order chi connectivity index (χ1) is 39.2. The summed E-state index contributed by atoms with van der Waals surface area (Å²) >= 11 is 0. The van der Waals surface area contributed by atoms with E-state index in [1.165, 1.54) is 24.3 Å². The van der Waals surface area contributed by atoms with E-state index >= 15 is 0 Å². The number of hydrogen-bond donors (Lipinski definition) is 0. The van der Waals surface area contributed by atoms with E-state index in [0.29, 0.717) is 128 Å². The Morgan fingerprint density at radius 1 is 0.263 bits per heavy atom. The first-order valence-corrected chi connectivity index (χ1v) is 24.6. The highest BCUT2D eigenvalue weighted by atomic mass is 15.0. The number of rotatable bonds is 7. The van der Waals surface area contributed by atoms with Crippen LogP contribution in [0.5, 0.6) is 0 Å². The van der Waals surface area contributed by atoms with Gasteiger partial charge in [-0.15, -0.1) is 0 Å². The Bertz CT molecular complexity index is 4440. The van der Waals surface area contributed by atoms with Gasteiger partial charge < -0.3 is 9.13 Å². The smallest absolute Gasteiger partial charge is 0.104 e. The van der Waals surface area contributed by atoms with E-state index in [1.807, 2.05) is 106 Å². The second-order valence-electron chi connectivity index (χ2n) is 18.9. The fourth-order valence-electron chi connectivity index (χ4n) is 10.7. The van der Waals surface area contributed by atoms with Gasteiger partial charge in [0, 0.05) is 39.5 Å². The topological polar surface area (TPSA) is 237 Å². The van der Waals surface area contributed by atoms with E-state index in [2.05, 4.69) is 59.6 Å². The Balaban J connectivity index is 1.24. The molecule has 362 valence electrons. The number of fused-ring (bicyclic) bond motifs is 6. The molecule has 0 aliphatic rings. The third-order valence-corrected chi connectivity index (χ3v) is 14.3. The van der Waals surface area contributed by atoms with Crippen molar-refractivity contribution in [3.05, 3.63) is 232 Å². The molecule has 0 amide bonds. The lowest BCUT2D eigenvalue weighted by Crippen LogP contribution is -2.05. The van der Waals surface area contributed by atoms with Crippen molar-refractivity contribution in [2.45, 2.75) is 0 Å². The predicted molar refractivity (Wildman–Crippen MR) is 303 cm³/mol. The molecule has 80 heavy (non-hydrogen) atoms. The van der Waals surface area contributed by atoms with Gasteiger partial charge in [-0.1, -0.05) is 54.6 Å². The van der Waals surface area contributed by atoms with E-state index in [4.69, 9.17) is 0 Å². The molecule has 12 rings (SSSR count). The van der Waals surface area contributed by atoms with Gasteiger partial charge in [-0.25, -0.2) is 0 Å². The van der Waals surface area contributed by atoms with Crippen LogP contribution in [-0.4, -0.2) is 14.1 Å². The van der Waals surface area contributed by atoms with Crippen LogP contribution in [-0.2, 0) is 0 Å². The average Bonchev–Trinajstić information content (AvgIpc) is 4.16. The SMILES string of the molecule is N#Cc1cc(C#N)cc(-c2ccc3c4ccc(-c5cc(C#N)cc(C#N)c5)cc4n(-c4cc(-c5cccnc5)cc(-n5c6cc(-c7cc(C#N)cc(C#N)c7)ccc6c6ccc(-c7cc(C#N)cc(C#N)c7)cc65)c4C#N)c3c2)c1. The molecule has 0 unspecified atom stereocenters. The lowest BCUT2D eigenvalue weighted by atomic mass is 9.98. The molecule has 0 saturated heterocycles. The third-order valence-electron chi connectivity index (χ3n) is 14.3. The third kappa shape index (κ3) is 8.17. The molecule has 3 aromatic heterocycles. The minimum Gasteiger partial charge on any atom is -0.308 e. The highest BCUT2D eigenvalue weighted by molar-refractivity contribution is 6.13. The van der Waals surface area contributed by atoms with Crippen molar-refractivity contribution in [1.82, 2.24) is 14.1 Å². The number of nitrogens with zero attached hydrogens (tertiary/aromatic N) is 12. The summed E-state index contributed by atoms with van der Waals surface area (Å²) in [6.07, 6.45) is 3.42. The minimum atomic E-state index is 0.245. The Morgan fingerprint density at radius 3 is 0.775 bits per heavy atom. The fraction of sp³-hybridized carbons (Fsp3) is 0. The summed E-state index contributed by atoms with van der Waals surface area (Å²) < 4.78 is 4.05. The lowest BCUT2D eigenvalue weighted by Gasteiger charge is -2.19. The van der Waals surface area contributed by atoms with Crippen LogP contribution in [0.15, 0.2) is 182 Å². The molecule has 0 radical (unpaired) electrons. The summed E-state index contributed by atoms with van der Waals surface area (Å²) in [5, 5.41) is 95.6. The Morgan fingerprint density at radius 2 is 0.537 bits per heavy atom. The number of hydrogen-bond acceptors (Lipinski definition) is 10. The molecule has 0 N–H and O–H groups in total. The molecule has 0 aliphatic heterocycles. The molecule has 0 aliphatic carbocycles. The zero-order chi connectivity index (χ0) is 55.2. The molecule has 12 nitrogen and oxygen atoms in total. The molecule has 12 aromatic rings. The summed E-state index contributed by atoms with van der Waals surface area (Å²) in [5.74, 6) is 0. The second-order valence-corrected chi connectivity index (χ2v) is 18.9. The first kappa shape index (κ1) is 48.1. The molecule has 0 bridgehead atoms. The summed E-state index contributed by atoms with van der Waals surface area (Å²) in [7, 11) is 0. The maximum atomic E-state index is 12.0. The number of pyridine rings is 1. The average molecular weight is 1020 g/mol. The van der Waals surface area contributed by atoms with Gasteiger partial charge in [-0.3, -0.25) is 4.98 Å². The van der Waals surface area contributed by atoms with Crippen LogP contribution >= 0.6 is 0 Å². The van der Waals surface area contributed by atoms with Crippen LogP contribution in [0, 0.1) is 102 Å². The quantitative estimate of drug-likeness (QED) is 0.146. The highest BCUT2D eigenvalue weighted by Crippen LogP contribution is 2.44. The van der Waals surface area contributed by atoms with Gasteiger partial charge >= 0.3 is 0 Å². The van der Waals surface area contributed by atoms with Crippen LogP contribution in [0.4, 0.5) is 0 Å². The summed E-state index contributed by atoms with van der Waals surface area (Å²) in [5.41, 5.74) is 13.1. The lowest BCUT2D eigenvalue weighted by molar-refractivity contribution is 1.12. The highest BCUT2D eigenvalue weighted by Gasteiger charge is 2.25. The molecular formula is C68H30N12. The van der Waals surface area contributed by atoms with Gasteiger partial charge in [0.2, 0.25) is 0 Å². The summed E-state index contributed by atoms with van der Waals surface area (Å²) in [6, 6.07) is 71.2. The van der Waals surface area contributed by atoms with Crippen LogP contribution in [0.2, 0.25) is 0 Å². The number of benzene rings is 9. The van der Waals surface area contributed by atoms with Crippen LogP contribution < -0.4 is 0 Å². The van der Waals surface area contributed by atoms with Crippen molar-refractivity contribution in [2.75, 3.05) is 0 Å². The van der Waals surface area contributed by atoms with E-state index in [1.54, 1.807) is 60.9 Å². The van der Waals surface area contributed by atoms with Crippen LogP contribution in [0.25, 0.3) is 111 Å². The zero-order valence-corrected chi connectivity index (χ0v) is 41.7. The van der Waals surface area contributed by atoms with Gasteiger partial charge in [-0.05, 0) is 165 Å². The van der Waals surface area contributed by atoms with E-state index in [0.717, 1.165) is 27.1 Å². The van der Waals surface area contributed by atoms with Gasteiger partial charge in [0.15, 0.2) is 0 Å². The summed E-state index contributed by atoms with van der Waals surface area (Å²) in [6.45, 7) is 0. The van der Waals surface area contributed by atoms with E-state index < -0.39 is 0 Å². The molecule has 0 spiro atoms. The maximum absolute atomic E-state index is 12.0. The fourth-order valence-corrected chi connectivity index (χ4v) is 10.7. The molecular weight excluding hydrogens is 985 g/mol. The van der Waals surface area contributed by atoms with Gasteiger partial charge in [0.1, 0.15) is 11.6 Å². The normalized spacial score (nSPS) is 10.6. The molecule has 3 heterocycles.